The first-order valence-electron chi connectivity index (χ1n) is 12.9. The van der Waals surface area contributed by atoms with Crippen LogP contribution in [0.2, 0.25) is 18.1 Å². The highest BCUT2D eigenvalue weighted by Crippen LogP contribution is 2.44. The fourth-order valence-corrected chi connectivity index (χ4v) is 5.58. The van der Waals surface area contributed by atoms with Gasteiger partial charge in [0, 0.05) is 26.3 Å². The van der Waals surface area contributed by atoms with E-state index in [-0.39, 0.29) is 34.3 Å². The summed E-state index contributed by atoms with van der Waals surface area (Å²) >= 11 is 0. The first-order valence-corrected chi connectivity index (χ1v) is 15.8. The standard InChI is InChI=1S/C29H40O7Si/c1-18-13-22-14-21(22)11-9-10-12-24(36-37(7,8)29(4,5)6)15-23-16-25(34-19(2)30)17-26(35-20(3)31)27(23)28(32)33-18/h9-12,16-18,21-22,24H,13-15H2,1-8H3/b11-9+,12-10-/t18-,21+,22+,24?/m1/s1. The van der Waals surface area contributed by atoms with E-state index in [4.69, 9.17) is 18.6 Å². The molecule has 1 heterocycles. The van der Waals surface area contributed by atoms with Crippen molar-refractivity contribution in [3.05, 3.63) is 47.6 Å². The van der Waals surface area contributed by atoms with Crippen molar-refractivity contribution < 1.29 is 33.0 Å². The molecular formula is C29H40O7Si. The van der Waals surface area contributed by atoms with Crippen LogP contribution in [0, 0.1) is 11.8 Å². The minimum atomic E-state index is -2.20. The van der Waals surface area contributed by atoms with Crippen LogP contribution in [0.1, 0.15) is 70.3 Å². The highest BCUT2D eigenvalue weighted by molar-refractivity contribution is 6.74. The molecule has 0 bridgehead atoms. The smallest absolute Gasteiger partial charge is 0.342 e. The Bertz CT molecular complexity index is 1100. The average Bonchev–Trinajstić information content (AvgIpc) is 3.45. The normalized spacial score (nSPS) is 26.0. The molecule has 0 spiro atoms. The van der Waals surface area contributed by atoms with E-state index in [0.717, 1.165) is 12.8 Å². The summed E-state index contributed by atoms with van der Waals surface area (Å²) in [6, 6.07) is 3.01. The van der Waals surface area contributed by atoms with E-state index < -0.39 is 26.2 Å². The zero-order valence-corrected chi connectivity index (χ0v) is 24.3. The first-order chi connectivity index (χ1) is 17.2. The van der Waals surface area contributed by atoms with Crippen LogP contribution in [0.25, 0.3) is 0 Å². The molecule has 1 aromatic rings. The molecule has 1 aliphatic carbocycles. The Morgan fingerprint density at radius 3 is 2.27 bits per heavy atom. The van der Waals surface area contributed by atoms with Crippen molar-refractivity contribution in [1.29, 1.82) is 0 Å². The molecule has 202 valence electrons. The zero-order valence-electron chi connectivity index (χ0n) is 23.3. The molecule has 37 heavy (non-hydrogen) atoms. The van der Waals surface area contributed by atoms with Crippen LogP contribution in [-0.4, -0.2) is 38.4 Å². The predicted molar refractivity (Wildman–Crippen MR) is 144 cm³/mol. The van der Waals surface area contributed by atoms with E-state index in [0.29, 0.717) is 23.8 Å². The Balaban J connectivity index is 2.14. The number of cyclic esters (lactones) is 1. The molecule has 0 aromatic heterocycles. The quantitative estimate of drug-likeness (QED) is 0.262. The summed E-state index contributed by atoms with van der Waals surface area (Å²) in [6.45, 7) is 15.3. The summed E-state index contributed by atoms with van der Waals surface area (Å²) in [5.41, 5.74) is 0.668. The van der Waals surface area contributed by atoms with Gasteiger partial charge in [-0.1, -0.05) is 45.1 Å². The number of fused-ring (bicyclic) bond motifs is 2. The van der Waals surface area contributed by atoms with Crippen molar-refractivity contribution in [2.45, 2.75) is 91.1 Å². The fraction of sp³-hybridized carbons (Fsp3) is 0.552. The van der Waals surface area contributed by atoms with Crippen molar-refractivity contribution in [3.8, 4) is 11.5 Å². The van der Waals surface area contributed by atoms with Gasteiger partial charge in [0.1, 0.15) is 17.1 Å². The number of carbonyl (C=O) groups excluding carboxylic acids is 3. The fourth-order valence-electron chi connectivity index (χ4n) is 4.31. The van der Waals surface area contributed by atoms with Gasteiger partial charge in [-0.05, 0) is 61.4 Å². The summed E-state index contributed by atoms with van der Waals surface area (Å²) < 4.78 is 23.4. The van der Waals surface area contributed by atoms with Gasteiger partial charge in [0.05, 0.1) is 12.2 Å². The third-order valence-electron chi connectivity index (χ3n) is 7.27. The summed E-state index contributed by atoms with van der Waals surface area (Å²) in [5, 5.41) is -0.0311. The van der Waals surface area contributed by atoms with E-state index in [9.17, 15) is 14.4 Å². The number of benzene rings is 1. The molecule has 3 rings (SSSR count). The minimum absolute atomic E-state index is 0.00444. The molecule has 1 aliphatic heterocycles. The average molecular weight is 529 g/mol. The van der Waals surface area contributed by atoms with Gasteiger partial charge in [0.15, 0.2) is 8.32 Å². The summed E-state index contributed by atoms with van der Waals surface area (Å²) in [4.78, 5) is 37.2. The minimum Gasteiger partial charge on any atom is -0.459 e. The number of esters is 3. The second-order valence-corrected chi connectivity index (χ2v) is 16.4. The molecule has 0 radical (unpaired) electrons. The van der Waals surface area contributed by atoms with Crippen LogP contribution in [-0.2, 0) is 25.2 Å². The maximum atomic E-state index is 13.5. The van der Waals surface area contributed by atoms with Crippen LogP contribution in [0.5, 0.6) is 11.5 Å². The van der Waals surface area contributed by atoms with E-state index >= 15 is 0 Å². The van der Waals surface area contributed by atoms with E-state index in [1.54, 1.807) is 6.07 Å². The molecule has 0 N–H and O–H groups in total. The van der Waals surface area contributed by atoms with Crippen molar-refractivity contribution in [3.63, 3.8) is 0 Å². The van der Waals surface area contributed by atoms with Crippen molar-refractivity contribution >= 4 is 26.2 Å². The van der Waals surface area contributed by atoms with Gasteiger partial charge in [0.2, 0.25) is 0 Å². The molecule has 1 aromatic carbocycles. The van der Waals surface area contributed by atoms with Crippen molar-refractivity contribution in [2.75, 3.05) is 0 Å². The van der Waals surface area contributed by atoms with Crippen LogP contribution in [0.4, 0.5) is 0 Å². The molecule has 0 saturated heterocycles. The number of ether oxygens (including phenoxy) is 3. The van der Waals surface area contributed by atoms with Gasteiger partial charge in [-0.15, -0.1) is 0 Å². The van der Waals surface area contributed by atoms with Gasteiger partial charge in [-0.2, -0.15) is 0 Å². The number of hydrogen-bond donors (Lipinski definition) is 0. The highest BCUT2D eigenvalue weighted by atomic mass is 28.4. The molecule has 2 aliphatic rings. The molecule has 8 heteroatoms. The van der Waals surface area contributed by atoms with Gasteiger partial charge in [-0.25, -0.2) is 4.79 Å². The molecule has 1 saturated carbocycles. The SMILES string of the molecule is CC(=O)Oc1cc2c(c(OC(C)=O)c1)C(=O)O[C@H](C)C[C@H]1C[C@@H]1/C=C/C=C\C(O[Si](C)(C)C(C)(C)C)C2. The Labute approximate surface area is 221 Å². The lowest BCUT2D eigenvalue weighted by molar-refractivity contribution is -0.132. The third-order valence-corrected chi connectivity index (χ3v) is 11.8. The van der Waals surface area contributed by atoms with Crippen molar-refractivity contribution in [1.82, 2.24) is 0 Å². The maximum absolute atomic E-state index is 13.5. The molecule has 0 amide bonds. The van der Waals surface area contributed by atoms with E-state index in [1.165, 1.54) is 19.9 Å². The Kier molecular flexibility index (Phi) is 8.85. The third kappa shape index (κ3) is 7.88. The van der Waals surface area contributed by atoms with Gasteiger partial charge in [-0.3, -0.25) is 9.59 Å². The molecule has 1 unspecified atom stereocenters. The lowest BCUT2D eigenvalue weighted by Crippen LogP contribution is -2.44. The zero-order chi connectivity index (χ0) is 27.5. The number of allylic oxidation sites excluding steroid dienone is 3. The van der Waals surface area contributed by atoms with E-state index in [2.05, 4.69) is 46.0 Å². The summed E-state index contributed by atoms with van der Waals surface area (Å²) in [6.07, 6.45) is 9.72. The summed E-state index contributed by atoms with van der Waals surface area (Å²) in [5.74, 6) is -0.568. The molecule has 4 atom stereocenters. The number of carbonyl (C=O) groups is 3. The van der Waals surface area contributed by atoms with E-state index in [1.807, 2.05) is 19.1 Å². The Morgan fingerprint density at radius 1 is 1.00 bits per heavy atom. The second-order valence-electron chi connectivity index (χ2n) is 11.6. The molecule has 1 fully saturated rings. The molecular weight excluding hydrogens is 488 g/mol. The predicted octanol–water partition coefficient (Wildman–Crippen LogP) is 6.17. The largest absolute Gasteiger partial charge is 0.459 e. The van der Waals surface area contributed by atoms with Crippen molar-refractivity contribution in [2.24, 2.45) is 11.8 Å². The monoisotopic (exact) mass is 528 g/mol. The second kappa shape index (κ2) is 11.4. The van der Waals surface area contributed by atoms with Gasteiger partial charge >= 0.3 is 17.9 Å². The summed E-state index contributed by atoms with van der Waals surface area (Å²) in [7, 11) is -2.20. The maximum Gasteiger partial charge on any atom is 0.342 e. The van der Waals surface area contributed by atoms with Gasteiger partial charge < -0.3 is 18.6 Å². The lowest BCUT2D eigenvalue weighted by atomic mass is 9.99. The van der Waals surface area contributed by atoms with Crippen LogP contribution < -0.4 is 9.47 Å². The van der Waals surface area contributed by atoms with Gasteiger partial charge in [0.25, 0.3) is 0 Å². The number of rotatable bonds is 4. The van der Waals surface area contributed by atoms with Crippen LogP contribution in [0.3, 0.4) is 0 Å². The Hall–Kier alpha value is -2.71. The number of hydrogen-bond acceptors (Lipinski definition) is 7. The lowest BCUT2D eigenvalue weighted by Gasteiger charge is -2.38. The molecule has 7 nitrogen and oxygen atoms in total. The highest BCUT2D eigenvalue weighted by Gasteiger charge is 2.40. The van der Waals surface area contributed by atoms with Crippen LogP contribution in [0.15, 0.2) is 36.4 Å². The first kappa shape index (κ1) is 28.9. The Morgan fingerprint density at radius 2 is 1.65 bits per heavy atom. The topological polar surface area (TPSA) is 88.1 Å². The van der Waals surface area contributed by atoms with Crippen LogP contribution >= 0.6 is 0 Å².